The zero-order chi connectivity index (χ0) is 17.6. The number of ether oxygens (including phenoxy) is 2. The Morgan fingerprint density at radius 3 is 2.50 bits per heavy atom. The van der Waals surface area contributed by atoms with Gasteiger partial charge in [-0.25, -0.2) is 4.83 Å². The molecule has 0 bridgehead atoms. The van der Waals surface area contributed by atoms with Crippen LogP contribution in [0.15, 0.2) is 58.5 Å². The van der Waals surface area contributed by atoms with E-state index in [2.05, 4.69) is 9.93 Å². The van der Waals surface area contributed by atoms with Crippen LogP contribution in [0.2, 0.25) is 0 Å². The number of hydrogen-bond donors (Lipinski definition) is 1. The SMILES string of the molecule is COc1ccc(OC(C)=O)c(/C=N/NS(=O)(=O)c2ccccc2)c1. The summed E-state index contributed by atoms with van der Waals surface area (Å²) in [4.78, 5) is 13.3. The third kappa shape index (κ3) is 4.56. The molecule has 0 aliphatic carbocycles. The molecule has 0 unspecified atom stereocenters. The van der Waals surface area contributed by atoms with E-state index in [0.717, 1.165) is 0 Å². The largest absolute Gasteiger partial charge is 0.497 e. The van der Waals surface area contributed by atoms with E-state index < -0.39 is 16.0 Å². The lowest BCUT2D eigenvalue weighted by Crippen LogP contribution is -2.18. The van der Waals surface area contributed by atoms with E-state index in [4.69, 9.17) is 9.47 Å². The van der Waals surface area contributed by atoms with Crippen LogP contribution in [0.3, 0.4) is 0 Å². The van der Waals surface area contributed by atoms with Gasteiger partial charge in [0, 0.05) is 12.5 Å². The van der Waals surface area contributed by atoms with Crippen LogP contribution in [0.25, 0.3) is 0 Å². The quantitative estimate of drug-likeness (QED) is 0.373. The number of carbonyl (C=O) groups excluding carboxylic acids is 1. The van der Waals surface area contributed by atoms with Gasteiger partial charge in [-0.05, 0) is 30.3 Å². The number of hydrazone groups is 1. The molecule has 24 heavy (non-hydrogen) atoms. The summed E-state index contributed by atoms with van der Waals surface area (Å²) in [6.07, 6.45) is 1.24. The summed E-state index contributed by atoms with van der Waals surface area (Å²) in [7, 11) is -2.28. The molecule has 2 aromatic rings. The maximum atomic E-state index is 12.1. The van der Waals surface area contributed by atoms with E-state index in [-0.39, 0.29) is 10.6 Å². The number of nitrogens with zero attached hydrogens (tertiary/aromatic N) is 1. The molecule has 0 aliphatic rings. The molecule has 7 nitrogen and oxygen atoms in total. The Kier molecular flexibility index (Phi) is 5.54. The molecule has 0 aliphatic heterocycles. The van der Waals surface area contributed by atoms with E-state index in [0.29, 0.717) is 11.3 Å². The van der Waals surface area contributed by atoms with Crippen LogP contribution in [-0.2, 0) is 14.8 Å². The predicted octanol–water partition coefficient (Wildman–Crippen LogP) is 1.93. The van der Waals surface area contributed by atoms with Crippen molar-refractivity contribution in [1.82, 2.24) is 4.83 Å². The summed E-state index contributed by atoms with van der Waals surface area (Å²) in [6.45, 7) is 1.27. The highest BCUT2D eigenvalue weighted by atomic mass is 32.2. The van der Waals surface area contributed by atoms with Crippen LogP contribution in [0.5, 0.6) is 11.5 Å². The van der Waals surface area contributed by atoms with Crippen LogP contribution in [0.1, 0.15) is 12.5 Å². The van der Waals surface area contributed by atoms with Crippen LogP contribution in [0.4, 0.5) is 0 Å². The minimum absolute atomic E-state index is 0.0907. The van der Waals surface area contributed by atoms with Gasteiger partial charge >= 0.3 is 5.97 Å². The molecule has 0 atom stereocenters. The van der Waals surface area contributed by atoms with E-state index >= 15 is 0 Å². The lowest BCUT2D eigenvalue weighted by molar-refractivity contribution is -0.131. The van der Waals surface area contributed by atoms with Crippen molar-refractivity contribution in [2.24, 2.45) is 5.10 Å². The Labute approximate surface area is 140 Å². The Balaban J connectivity index is 2.23. The fraction of sp³-hybridized carbons (Fsp3) is 0.125. The number of hydrogen-bond acceptors (Lipinski definition) is 6. The van der Waals surface area contributed by atoms with Gasteiger partial charge in [0.25, 0.3) is 10.0 Å². The minimum atomic E-state index is -3.77. The van der Waals surface area contributed by atoms with Gasteiger partial charge < -0.3 is 9.47 Å². The van der Waals surface area contributed by atoms with E-state index in [1.54, 1.807) is 30.3 Å². The molecule has 1 N–H and O–H groups in total. The molecule has 2 rings (SSSR count). The van der Waals surface area contributed by atoms with Crippen LogP contribution >= 0.6 is 0 Å². The van der Waals surface area contributed by atoms with Gasteiger partial charge in [0.05, 0.1) is 18.2 Å². The molecule has 0 saturated heterocycles. The highest BCUT2D eigenvalue weighted by Crippen LogP contribution is 2.23. The van der Waals surface area contributed by atoms with Gasteiger partial charge in [-0.1, -0.05) is 18.2 Å². The summed E-state index contributed by atoms with van der Waals surface area (Å²) in [5.74, 6) is 0.254. The van der Waals surface area contributed by atoms with Crippen molar-refractivity contribution >= 4 is 22.2 Å². The Morgan fingerprint density at radius 1 is 1.17 bits per heavy atom. The lowest BCUT2D eigenvalue weighted by atomic mass is 10.2. The first-order valence-electron chi connectivity index (χ1n) is 6.89. The van der Waals surface area contributed by atoms with Crippen LogP contribution in [0, 0.1) is 0 Å². The Morgan fingerprint density at radius 2 is 1.88 bits per heavy atom. The maximum Gasteiger partial charge on any atom is 0.308 e. The summed E-state index contributed by atoms with van der Waals surface area (Å²) in [5, 5.41) is 3.72. The second-order valence-corrected chi connectivity index (χ2v) is 6.32. The smallest absolute Gasteiger partial charge is 0.308 e. The van der Waals surface area contributed by atoms with Gasteiger partial charge in [-0.3, -0.25) is 4.79 Å². The number of rotatable bonds is 6. The fourth-order valence-corrected chi connectivity index (χ4v) is 2.63. The molecule has 0 saturated carbocycles. The summed E-state index contributed by atoms with van der Waals surface area (Å²) < 4.78 is 34.3. The zero-order valence-electron chi connectivity index (χ0n) is 13.1. The van der Waals surface area contributed by atoms with Crippen molar-refractivity contribution in [3.05, 3.63) is 54.1 Å². The van der Waals surface area contributed by atoms with E-state index in [1.165, 1.54) is 38.4 Å². The van der Waals surface area contributed by atoms with Crippen molar-refractivity contribution < 1.29 is 22.7 Å². The number of benzene rings is 2. The number of carbonyl (C=O) groups is 1. The van der Waals surface area contributed by atoms with Gasteiger partial charge in [0.15, 0.2) is 0 Å². The Bertz CT molecular complexity index is 848. The van der Waals surface area contributed by atoms with Gasteiger partial charge in [-0.15, -0.1) is 0 Å². The molecule has 0 radical (unpaired) electrons. The van der Waals surface area contributed by atoms with E-state index in [9.17, 15) is 13.2 Å². The first kappa shape index (κ1) is 17.5. The maximum absolute atomic E-state index is 12.1. The fourth-order valence-electron chi connectivity index (χ4n) is 1.82. The molecule has 0 spiro atoms. The first-order valence-corrected chi connectivity index (χ1v) is 8.37. The van der Waals surface area contributed by atoms with Gasteiger partial charge in [-0.2, -0.15) is 13.5 Å². The molecule has 2 aromatic carbocycles. The average molecular weight is 348 g/mol. The van der Waals surface area contributed by atoms with Crippen molar-refractivity contribution in [2.45, 2.75) is 11.8 Å². The monoisotopic (exact) mass is 348 g/mol. The molecular weight excluding hydrogens is 332 g/mol. The third-order valence-electron chi connectivity index (χ3n) is 2.90. The topological polar surface area (TPSA) is 94.1 Å². The average Bonchev–Trinajstić information content (AvgIpc) is 2.56. The second kappa shape index (κ2) is 7.60. The highest BCUT2D eigenvalue weighted by molar-refractivity contribution is 7.89. The second-order valence-electron chi connectivity index (χ2n) is 4.66. The lowest BCUT2D eigenvalue weighted by Gasteiger charge is -2.08. The Hall–Kier alpha value is -2.87. The standard InChI is InChI=1S/C16H16N2O5S/c1-12(19)23-16-9-8-14(22-2)10-13(16)11-17-18-24(20,21)15-6-4-3-5-7-15/h3-11,18H,1-2H3/b17-11+. The number of nitrogens with one attached hydrogen (secondary N) is 1. The predicted molar refractivity (Wildman–Crippen MR) is 88.7 cm³/mol. The highest BCUT2D eigenvalue weighted by Gasteiger charge is 2.12. The normalized spacial score (nSPS) is 11.2. The molecule has 0 heterocycles. The number of esters is 1. The third-order valence-corrected chi connectivity index (χ3v) is 4.14. The van der Waals surface area contributed by atoms with Gasteiger partial charge in [0.2, 0.25) is 0 Å². The van der Waals surface area contributed by atoms with Crippen molar-refractivity contribution in [3.63, 3.8) is 0 Å². The van der Waals surface area contributed by atoms with Crippen molar-refractivity contribution in [2.75, 3.05) is 7.11 Å². The summed E-state index contributed by atoms with van der Waals surface area (Å²) >= 11 is 0. The molecule has 126 valence electrons. The van der Waals surface area contributed by atoms with E-state index in [1.807, 2.05) is 0 Å². The molecule has 0 amide bonds. The molecule has 0 aromatic heterocycles. The van der Waals surface area contributed by atoms with Crippen molar-refractivity contribution in [3.8, 4) is 11.5 Å². The molecule has 8 heteroatoms. The summed E-state index contributed by atoms with van der Waals surface area (Å²) in [6, 6.07) is 12.6. The number of sulfonamides is 1. The van der Waals surface area contributed by atoms with Crippen LogP contribution in [-0.4, -0.2) is 27.7 Å². The first-order chi connectivity index (χ1) is 11.4. The van der Waals surface area contributed by atoms with Crippen molar-refractivity contribution in [1.29, 1.82) is 0 Å². The zero-order valence-corrected chi connectivity index (χ0v) is 13.9. The molecule has 0 fully saturated rings. The van der Waals surface area contributed by atoms with Gasteiger partial charge in [0.1, 0.15) is 11.5 Å². The van der Waals surface area contributed by atoms with Crippen LogP contribution < -0.4 is 14.3 Å². The summed E-state index contributed by atoms with van der Waals surface area (Å²) in [5.41, 5.74) is 0.389. The number of methoxy groups -OCH3 is 1. The molecular formula is C16H16N2O5S. The minimum Gasteiger partial charge on any atom is -0.497 e.